The Labute approximate surface area is 72.3 Å². The Kier molecular flexibility index (Phi) is 3.14. The predicted molar refractivity (Wildman–Crippen MR) is 52.0 cm³/mol. The molecule has 12 heavy (non-hydrogen) atoms. The summed E-state index contributed by atoms with van der Waals surface area (Å²) >= 11 is 0. The summed E-state index contributed by atoms with van der Waals surface area (Å²) in [6.45, 7) is 4.47. The molecule has 1 rings (SSSR count). The van der Waals surface area contributed by atoms with E-state index in [9.17, 15) is 0 Å². The zero-order valence-electron chi connectivity index (χ0n) is 6.96. The molecule has 0 atom stereocenters. The van der Waals surface area contributed by atoms with Gasteiger partial charge in [0.1, 0.15) is 5.82 Å². The molecule has 3 heteroatoms. The van der Waals surface area contributed by atoms with Gasteiger partial charge < -0.3 is 11.1 Å². The number of hydrogen-bond donors (Lipinski definition) is 2. The molecule has 0 saturated heterocycles. The molecule has 0 aliphatic carbocycles. The summed E-state index contributed by atoms with van der Waals surface area (Å²) < 4.78 is 0. The van der Waals surface area contributed by atoms with Crippen molar-refractivity contribution in [1.29, 1.82) is 0 Å². The van der Waals surface area contributed by atoms with Crippen molar-refractivity contribution in [2.75, 3.05) is 17.6 Å². The molecular weight excluding hydrogens is 150 g/mol. The van der Waals surface area contributed by atoms with E-state index >= 15 is 0 Å². The molecule has 0 radical (unpaired) electrons. The van der Waals surface area contributed by atoms with Crippen LogP contribution in [0.4, 0.5) is 11.5 Å². The van der Waals surface area contributed by atoms with Crippen LogP contribution in [-0.2, 0) is 0 Å². The second-order valence-corrected chi connectivity index (χ2v) is 2.44. The first-order valence-electron chi connectivity index (χ1n) is 3.90. The summed E-state index contributed by atoms with van der Waals surface area (Å²) in [4.78, 5) is 3.95. The van der Waals surface area contributed by atoms with E-state index in [4.69, 9.17) is 5.73 Å². The molecular formula is C9H13N3. The van der Waals surface area contributed by atoms with E-state index in [0.717, 1.165) is 18.7 Å². The van der Waals surface area contributed by atoms with E-state index in [0.29, 0.717) is 5.82 Å². The molecule has 3 nitrogen and oxygen atoms in total. The lowest BCUT2D eigenvalue weighted by atomic mass is 10.3. The quantitative estimate of drug-likeness (QED) is 0.524. The first kappa shape index (κ1) is 8.59. The molecule has 0 spiro atoms. The van der Waals surface area contributed by atoms with Gasteiger partial charge in [-0.05, 0) is 18.6 Å². The maximum absolute atomic E-state index is 5.60. The summed E-state index contributed by atoms with van der Waals surface area (Å²) in [6.07, 6.45) is 4.46. The Morgan fingerprint density at radius 3 is 3.17 bits per heavy atom. The van der Waals surface area contributed by atoms with E-state index in [2.05, 4.69) is 16.9 Å². The van der Waals surface area contributed by atoms with E-state index in [1.165, 1.54) is 0 Å². The van der Waals surface area contributed by atoms with Gasteiger partial charge in [-0.2, -0.15) is 0 Å². The number of nitrogens with zero attached hydrogens (tertiary/aromatic N) is 1. The Bertz CT molecular complexity index is 258. The van der Waals surface area contributed by atoms with Crippen LogP contribution < -0.4 is 11.1 Å². The number of nitrogen functional groups attached to an aromatic ring is 1. The van der Waals surface area contributed by atoms with Gasteiger partial charge in [-0.1, -0.05) is 6.08 Å². The monoisotopic (exact) mass is 163 g/mol. The normalized spacial score (nSPS) is 9.33. The summed E-state index contributed by atoms with van der Waals surface area (Å²) in [6, 6.07) is 3.76. The van der Waals surface area contributed by atoms with Crippen LogP contribution in [-0.4, -0.2) is 11.5 Å². The number of pyridine rings is 1. The summed E-state index contributed by atoms with van der Waals surface area (Å²) in [7, 11) is 0. The van der Waals surface area contributed by atoms with Crippen LogP contribution in [0.5, 0.6) is 0 Å². The molecule has 0 saturated carbocycles. The summed E-state index contributed by atoms with van der Waals surface area (Å²) in [5.74, 6) is 0.543. The molecule has 0 unspecified atom stereocenters. The van der Waals surface area contributed by atoms with Gasteiger partial charge in [0, 0.05) is 12.7 Å². The van der Waals surface area contributed by atoms with Gasteiger partial charge >= 0.3 is 0 Å². The molecule has 1 heterocycles. The number of rotatable bonds is 4. The summed E-state index contributed by atoms with van der Waals surface area (Å²) in [5, 5.41) is 3.16. The Morgan fingerprint density at radius 2 is 2.50 bits per heavy atom. The third-order valence-electron chi connectivity index (χ3n) is 1.50. The topological polar surface area (TPSA) is 50.9 Å². The number of anilines is 2. The SMILES string of the molecule is C=CCCNc1cccnc1N. The molecule has 0 aliphatic rings. The molecule has 1 aromatic rings. The zero-order chi connectivity index (χ0) is 8.81. The minimum atomic E-state index is 0.543. The van der Waals surface area contributed by atoms with Crippen molar-refractivity contribution in [2.45, 2.75) is 6.42 Å². The van der Waals surface area contributed by atoms with Gasteiger partial charge in [-0.3, -0.25) is 0 Å². The highest BCUT2D eigenvalue weighted by atomic mass is 14.9. The smallest absolute Gasteiger partial charge is 0.146 e. The van der Waals surface area contributed by atoms with E-state index in [1.807, 2.05) is 18.2 Å². The van der Waals surface area contributed by atoms with Crippen LogP contribution in [0.15, 0.2) is 31.0 Å². The fourth-order valence-corrected chi connectivity index (χ4v) is 0.876. The highest BCUT2D eigenvalue weighted by Gasteiger charge is 1.94. The largest absolute Gasteiger partial charge is 0.382 e. The van der Waals surface area contributed by atoms with Crippen molar-refractivity contribution in [3.63, 3.8) is 0 Å². The molecule has 0 fully saturated rings. The van der Waals surface area contributed by atoms with Gasteiger partial charge in [0.2, 0.25) is 0 Å². The average molecular weight is 163 g/mol. The Balaban J connectivity index is 2.51. The van der Waals surface area contributed by atoms with Gasteiger partial charge in [0.05, 0.1) is 5.69 Å². The number of aromatic nitrogens is 1. The molecule has 0 aliphatic heterocycles. The highest BCUT2D eigenvalue weighted by Crippen LogP contribution is 2.12. The van der Waals surface area contributed by atoms with Crippen LogP contribution in [0.3, 0.4) is 0 Å². The van der Waals surface area contributed by atoms with Gasteiger partial charge in [-0.15, -0.1) is 6.58 Å². The summed E-state index contributed by atoms with van der Waals surface area (Å²) in [5.41, 5.74) is 6.49. The van der Waals surface area contributed by atoms with E-state index < -0.39 is 0 Å². The van der Waals surface area contributed by atoms with Crippen molar-refractivity contribution < 1.29 is 0 Å². The minimum absolute atomic E-state index is 0.543. The third kappa shape index (κ3) is 2.27. The molecule has 0 amide bonds. The lowest BCUT2D eigenvalue weighted by Crippen LogP contribution is -2.03. The number of nitrogens with one attached hydrogen (secondary N) is 1. The Morgan fingerprint density at radius 1 is 1.67 bits per heavy atom. The van der Waals surface area contributed by atoms with E-state index in [1.54, 1.807) is 6.20 Å². The number of hydrogen-bond acceptors (Lipinski definition) is 3. The van der Waals surface area contributed by atoms with Crippen molar-refractivity contribution in [2.24, 2.45) is 0 Å². The van der Waals surface area contributed by atoms with Crippen molar-refractivity contribution >= 4 is 11.5 Å². The van der Waals surface area contributed by atoms with Gasteiger partial charge in [-0.25, -0.2) is 4.98 Å². The highest BCUT2D eigenvalue weighted by molar-refractivity contribution is 5.60. The molecule has 0 bridgehead atoms. The third-order valence-corrected chi connectivity index (χ3v) is 1.50. The molecule has 3 N–H and O–H groups in total. The minimum Gasteiger partial charge on any atom is -0.382 e. The predicted octanol–water partition coefficient (Wildman–Crippen LogP) is 1.65. The first-order valence-corrected chi connectivity index (χ1v) is 3.90. The Hall–Kier alpha value is -1.51. The van der Waals surface area contributed by atoms with Crippen molar-refractivity contribution in [3.8, 4) is 0 Å². The van der Waals surface area contributed by atoms with Gasteiger partial charge in [0.25, 0.3) is 0 Å². The second kappa shape index (κ2) is 4.38. The lowest BCUT2D eigenvalue weighted by molar-refractivity contribution is 1.07. The van der Waals surface area contributed by atoms with Crippen LogP contribution >= 0.6 is 0 Å². The molecule has 1 aromatic heterocycles. The maximum atomic E-state index is 5.60. The van der Waals surface area contributed by atoms with Crippen LogP contribution in [0, 0.1) is 0 Å². The van der Waals surface area contributed by atoms with E-state index in [-0.39, 0.29) is 0 Å². The van der Waals surface area contributed by atoms with Crippen LogP contribution in [0.25, 0.3) is 0 Å². The first-order chi connectivity index (χ1) is 5.84. The average Bonchev–Trinajstić information content (AvgIpc) is 2.09. The fraction of sp³-hybridized carbons (Fsp3) is 0.222. The fourth-order valence-electron chi connectivity index (χ4n) is 0.876. The van der Waals surface area contributed by atoms with Crippen molar-refractivity contribution in [3.05, 3.63) is 31.0 Å². The maximum Gasteiger partial charge on any atom is 0.146 e. The standard InChI is InChI=1S/C9H13N3/c1-2-3-6-11-8-5-4-7-12-9(8)10/h2,4-5,7,11H,1,3,6H2,(H2,10,12). The molecule has 64 valence electrons. The van der Waals surface area contributed by atoms with Crippen LogP contribution in [0.1, 0.15) is 6.42 Å². The van der Waals surface area contributed by atoms with Gasteiger partial charge in [0.15, 0.2) is 0 Å². The second-order valence-electron chi connectivity index (χ2n) is 2.44. The number of nitrogens with two attached hydrogens (primary N) is 1. The van der Waals surface area contributed by atoms with Crippen LogP contribution in [0.2, 0.25) is 0 Å². The van der Waals surface area contributed by atoms with Crippen molar-refractivity contribution in [1.82, 2.24) is 4.98 Å². The zero-order valence-corrected chi connectivity index (χ0v) is 6.96. The lowest BCUT2D eigenvalue weighted by Gasteiger charge is -2.05. The molecule has 0 aromatic carbocycles.